The minimum atomic E-state index is -0.500. The lowest BCUT2D eigenvalue weighted by atomic mass is 10.0. The van der Waals surface area contributed by atoms with Crippen LogP contribution >= 0.6 is 0 Å². The molecular weight excluding hydrogens is 102 g/mol. The van der Waals surface area contributed by atoms with Crippen molar-refractivity contribution in [2.45, 2.75) is 18.9 Å². The third-order valence-electron chi connectivity index (χ3n) is 1.23. The molecule has 8 heavy (non-hydrogen) atoms. The van der Waals surface area contributed by atoms with Gasteiger partial charge in [-0.15, -0.1) is 0 Å². The maximum atomic E-state index is 8.42. The maximum Gasteiger partial charge on any atom is 0.166 e. The zero-order valence-corrected chi connectivity index (χ0v) is 4.76. The molecule has 0 bridgehead atoms. The smallest absolute Gasteiger partial charge is 0.166 e. The SMILES string of the molecule is CC1(C#N)CCN=N1. The van der Waals surface area contributed by atoms with Crippen molar-refractivity contribution in [3.63, 3.8) is 0 Å². The fourth-order valence-corrected chi connectivity index (χ4v) is 0.602. The molecule has 0 aliphatic carbocycles. The van der Waals surface area contributed by atoms with Crippen molar-refractivity contribution >= 4 is 0 Å². The molecule has 1 aliphatic rings. The van der Waals surface area contributed by atoms with Crippen LogP contribution < -0.4 is 0 Å². The Morgan fingerprint density at radius 1 is 1.75 bits per heavy atom. The molecule has 0 saturated heterocycles. The van der Waals surface area contributed by atoms with E-state index in [0.717, 1.165) is 6.42 Å². The Kier molecular flexibility index (Phi) is 1.01. The molecule has 0 N–H and O–H groups in total. The Morgan fingerprint density at radius 3 is 2.75 bits per heavy atom. The van der Waals surface area contributed by atoms with Gasteiger partial charge in [-0.3, -0.25) is 0 Å². The van der Waals surface area contributed by atoms with E-state index >= 15 is 0 Å². The van der Waals surface area contributed by atoms with Gasteiger partial charge in [-0.25, -0.2) is 0 Å². The van der Waals surface area contributed by atoms with Crippen LogP contribution in [0.5, 0.6) is 0 Å². The predicted octanol–water partition coefficient (Wildman–Crippen LogP) is 1.12. The summed E-state index contributed by atoms with van der Waals surface area (Å²) in [5.41, 5.74) is -0.500. The Labute approximate surface area is 48.0 Å². The van der Waals surface area contributed by atoms with Gasteiger partial charge in [-0.05, 0) is 6.92 Å². The second-order valence-corrected chi connectivity index (χ2v) is 2.10. The molecule has 1 atom stereocenters. The monoisotopic (exact) mass is 109 g/mol. The number of azo groups is 1. The molecule has 0 spiro atoms. The van der Waals surface area contributed by atoms with E-state index in [1.807, 2.05) is 0 Å². The maximum absolute atomic E-state index is 8.42. The summed E-state index contributed by atoms with van der Waals surface area (Å²) in [5.74, 6) is 0. The fourth-order valence-electron chi connectivity index (χ4n) is 0.602. The molecule has 0 saturated carbocycles. The van der Waals surface area contributed by atoms with Crippen molar-refractivity contribution in [2.75, 3.05) is 6.54 Å². The number of nitriles is 1. The molecule has 0 aromatic rings. The minimum absolute atomic E-state index is 0.500. The van der Waals surface area contributed by atoms with E-state index in [-0.39, 0.29) is 0 Å². The highest BCUT2D eigenvalue weighted by Gasteiger charge is 2.26. The quantitative estimate of drug-likeness (QED) is 0.460. The second kappa shape index (κ2) is 1.55. The van der Waals surface area contributed by atoms with E-state index < -0.39 is 5.54 Å². The van der Waals surface area contributed by atoms with Crippen molar-refractivity contribution in [1.29, 1.82) is 5.26 Å². The molecule has 1 rings (SSSR count). The lowest BCUT2D eigenvalue weighted by Crippen LogP contribution is -2.14. The van der Waals surface area contributed by atoms with Crippen LogP contribution in [0.4, 0.5) is 0 Å². The number of rotatable bonds is 0. The summed E-state index contributed by atoms with van der Waals surface area (Å²) >= 11 is 0. The molecule has 1 unspecified atom stereocenters. The number of nitrogens with zero attached hydrogens (tertiary/aromatic N) is 3. The standard InChI is InChI=1S/C5H7N3/c1-5(4-6)2-3-7-8-5/h2-3H2,1H3. The molecule has 0 fully saturated rings. The zero-order chi connectivity index (χ0) is 6.04. The lowest BCUT2D eigenvalue weighted by Gasteiger charge is -2.03. The highest BCUT2D eigenvalue weighted by Crippen LogP contribution is 2.19. The third kappa shape index (κ3) is 0.692. The molecule has 42 valence electrons. The topological polar surface area (TPSA) is 48.5 Å². The molecule has 0 aromatic heterocycles. The lowest BCUT2D eigenvalue weighted by molar-refractivity contribution is 0.612. The molecule has 1 aliphatic heterocycles. The molecule has 1 heterocycles. The molecule has 3 heteroatoms. The Hall–Kier alpha value is -0.910. The second-order valence-electron chi connectivity index (χ2n) is 2.10. The summed E-state index contributed by atoms with van der Waals surface area (Å²) in [6, 6.07) is 2.08. The van der Waals surface area contributed by atoms with Crippen LogP contribution in [0.15, 0.2) is 10.2 Å². The average molecular weight is 109 g/mol. The van der Waals surface area contributed by atoms with Gasteiger partial charge in [0.15, 0.2) is 5.54 Å². The minimum Gasteiger partial charge on any atom is -0.196 e. The first-order chi connectivity index (χ1) is 3.77. The summed E-state index contributed by atoms with van der Waals surface area (Å²) in [5, 5.41) is 15.9. The van der Waals surface area contributed by atoms with Crippen LogP contribution in [-0.4, -0.2) is 12.1 Å². The molecule has 0 aromatic carbocycles. The van der Waals surface area contributed by atoms with Gasteiger partial charge in [0, 0.05) is 6.42 Å². The van der Waals surface area contributed by atoms with E-state index in [2.05, 4.69) is 16.3 Å². The zero-order valence-electron chi connectivity index (χ0n) is 4.76. The van der Waals surface area contributed by atoms with Crippen LogP contribution in [0.1, 0.15) is 13.3 Å². The fraction of sp³-hybridized carbons (Fsp3) is 0.800. The van der Waals surface area contributed by atoms with E-state index in [4.69, 9.17) is 5.26 Å². The molecule has 3 nitrogen and oxygen atoms in total. The molecular formula is C5H7N3. The number of hydrogen-bond donors (Lipinski definition) is 0. The average Bonchev–Trinajstić information content (AvgIpc) is 2.17. The van der Waals surface area contributed by atoms with Crippen LogP contribution in [0.3, 0.4) is 0 Å². The first-order valence-corrected chi connectivity index (χ1v) is 2.57. The first-order valence-electron chi connectivity index (χ1n) is 2.57. The van der Waals surface area contributed by atoms with E-state index in [9.17, 15) is 0 Å². The van der Waals surface area contributed by atoms with Crippen LogP contribution in [0, 0.1) is 11.3 Å². The van der Waals surface area contributed by atoms with Crippen molar-refractivity contribution < 1.29 is 0 Å². The van der Waals surface area contributed by atoms with E-state index in [0.29, 0.717) is 6.54 Å². The third-order valence-corrected chi connectivity index (χ3v) is 1.23. The van der Waals surface area contributed by atoms with Gasteiger partial charge in [0.2, 0.25) is 0 Å². The van der Waals surface area contributed by atoms with Crippen molar-refractivity contribution in [3.8, 4) is 6.07 Å². The van der Waals surface area contributed by atoms with Crippen LogP contribution in [0.2, 0.25) is 0 Å². The summed E-state index contributed by atoms with van der Waals surface area (Å²) < 4.78 is 0. The Morgan fingerprint density at radius 2 is 2.50 bits per heavy atom. The highest BCUT2D eigenvalue weighted by molar-refractivity contribution is 5.05. The highest BCUT2D eigenvalue weighted by atomic mass is 15.2. The summed E-state index contributed by atoms with van der Waals surface area (Å²) in [6.45, 7) is 2.51. The van der Waals surface area contributed by atoms with Gasteiger partial charge >= 0.3 is 0 Å². The van der Waals surface area contributed by atoms with Gasteiger partial charge in [-0.1, -0.05) is 0 Å². The van der Waals surface area contributed by atoms with Crippen LogP contribution in [0.25, 0.3) is 0 Å². The van der Waals surface area contributed by atoms with Gasteiger partial charge in [0.05, 0.1) is 12.6 Å². The molecule has 0 amide bonds. The van der Waals surface area contributed by atoms with Gasteiger partial charge in [-0.2, -0.15) is 15.5 Å². The van der Waals surface area contributed by atoms with Crippen LogP contribution in [-0.2, 0) is 0 Å². The van der Waals surface area contributed by atoms with E-state index in [1.54, 1.807) is 6.92 Å². The van der Waals surface area contributed by atoms with Gasteiger partial charge in [0.25, 0.3) is 0 Å². The van der Waals surface area contributed by atoms with Crippen molar-refractivity contribution in [1.82, 2.24) is 0 Å². The Bertz CT molecular complexity index is 156. The summed E-state index contributed by atoms with van der Waals surface area (Å²) in [4.78, 5) is 0. The van der Waals surface area contributed by atoms with E-state index in [1.165, 1.54) is 0 Å². The Balaban J connectivity index is 2.72. The molecule has 0 radical (unpaired) electrons. The number of hydrogen-bond acceptors (Lipinski definition) is 3. The first kappa shape index (κ1) is 5.23. The predicted molar refractivity (Wildman–Crippen MR) is 28.4 cm³/mol. The summed E-state index contributed by atoms with van der Waals surface area (Å²) in [7, 11) is 0. The van der Waals surface area contributed by atoms with Gasteiger partial charge < -0.3 is 0 Å². The van der Waals surface area contributed by atoms with Gasteiger partial charge in [0.1, 0.15) is 0 Å². The largest absolute Gasteiger partial charge is 0.196 e. The van der Waals surface area contributed by atoms with Crippen molar-refractivity contribution in [3.05, 3.63) is 0 Å². The van der Waals surface area contributed by atoms with Crippen molar-refractivity contribution in [2.24, 2.45) is 10.2 Å². The summed E-state index contributed by atoms with van der Waals surface area (Å²) in [6.07, 6.45) is 0.781. The normalized spacial score (nSPS) is 35.0.